The Morgan fingerprint density at radius 1 is 0.871 bits per heavy atom. The SMILES string of the molecule is O=C1C(=O)N(c2ccc(Cl)cc2)C(c2ccc(F)cc2)/C1=C(/O)c1ccc(Cl)c(Cl)c1. The summed E-state index contributed by atoms with van der Waals surface area (Å²) in [6, 6.07) is 15.1. The Balaban J connectivity index is 1.94. The fraction of sp³-hybridized carbons (Fsp3) is 0.0435. The number of rotatable bonds is 3. The predicted octanol–water partition coefficient (Wildman–Crippen LogP) is 6.41. The second-order valence-corrected chi connectivity index (χ2v) is 8.08. The second kappa shape index (κ2) is 8.35. The molecule has 1 fully saturated rings. The molecule has 0 aliphatic carbocycles. The van der Waals surface area contributed by atoms with Gasteiger partial charge in [-0.2, -0.15) is 0 Å². The number of hydrogen-bond donors (Lipinski definition) is 1. The lowest BCUT2D eigenvalue weighted by atomic mass is 9.95. The Kier molecular flexibility index (Phi) is 5.75. The van der Waals surface area contributed by atoms with Crippen molar-refractivity contribution in [3.8, 4) is 0 Å². The molecular weight excluding hydrogens is 464 g/mol. The average molecular weight is 477 g/mol. The van der Waals surface area contributed by atoms with Gasteiger partial charge in [-0.3, -0.25) is 14.5 Å². The number of aliphatic hydroxyl groups is 1. The maximum Gasteiger partial charge on any atom is 0.300 e. The summed E-state index contributed by atoms with van der Waals surface area (Å²) in [5, 5.41) is 11.9. The Hall–Kier alpha value is -2.86. The van der Waals surface area contributed by atoms with E-state index in [1.807, 2.05) is 0 Å². The molecular formula is C23H13Cl3FNO3. The molecule has 0 spiro atoms. The minimum atomic E-state index is -0.990. The number of ketones is 1. The zero-order valence-electron chi connectivity index (χ0n) is 15.7. The number of halogens is 4. The fourth-order valence-corrected chi connectivity index (χ4v) is 3.88. The maximum atomic E-state index is 13.5. The van der Waals surface area contributed by atoms with Gasteiger partial charge in [-0.15, -0.1) is 0 Å². The van der Waals surface area contributed by atoms with Crippen LogP contribution in [-0.2, 0) is 9.59 Å². The van der Waals surface area contributed by atoms with Gasteiger partial charge in [0, 0.05) is 16.3 Å². The third-order valence-electron chi connectivity index (χ3n) is 4.93. The third kappa shape index (κ3) is 3.92. The van der Waals surface area contributed by atoms with Crippen molar-refractivity contribution in [3.05, 3.63) is 104 Å². The summed E-state index contributed by atoms with van der Waals surface area (Å²) >= 11 is 18.0. The Bertz CT molecular complexity index is 1220. The first-order valence-electron chi connectivity index (χ1n) is 9.05. The number of carbonyl (C=O) groups is 2. The molecule has 4 rings (SSSR count). The zero-order valence-corrected chi connectivity index (χ0v) is 17.9. The zero-order chi connectivity index (χ0) is 22.3. The largest absolute Gasteiger partial charge is 0.507 e. The number of carbonyl (C=O) groups excluding carboxylic acids is 2. The fourth-order valence-electron chi connectivity index (χ4n) is 3.46. The number of amides is 1. The van der Waals surface area contributed by atoms with E-state index in [-0.39, 0.29) is 21.2 Å². The molecule has 1 atom stereocenters. The number of aliphatic hydroxyl groups excluding tert-OH is 1. The highest BCUT2D eigenvalue weighted by Gasteiger charge is 2.47. The molecule has 3 aromatic rings. The first-order valence-corrected chi connectivity index (χ1v) is 10.2. The van der Waals surface area contributed by atoms with Crippen molar-refractivity contribution in [2.45, 2.75) is 6.04 Å². The van der Waals surface area contributed by atoms with E-state index >= 15 is 0 Å². The Morgan fingerprint density at radius 2 is 1.52 bits per heavy atom. The van der Waals surface area contributed by atoms with Crippen LogP contribution in [0.15, 0.2) is 72.3 Å². The Morgan fingerprint density at radius 3 is 2.13 bits per heavy atom. The molecule has 0 saturated carbocycles. The number of hydrogen-bond acceptors (Lipinski definition) is 3. The minimum Gasteiger partial charge on any atom is -0.507 e. The minimum absolute atomic E-state index is 0.148. The van der Waals surface area contributed by atoms with Crippen LogP contribution in [0.1, 0.15) is 17.2 Å². The maximum absolute atomic E-state index is 13.5. The number of benzene rings is 3. The third-order valence-corrected chi connectivity index (χ3v) is 5.92. The van der Waals surface area contributed by atoms with Crippen molar-refractivity contribution in [2.24, 2.45) is 0 Å². The van der Waals surface area contributed by atoms with Gasteiger partial charge in [0.25, 0.3) is 11.7 Å². The topological polar surface area (TPSA) is 57.6 Å². The van der Waals surface area contributed by atoms with Crippen LogP contribution in [0.5, 0.6) is 0 Å². The summed E-state index contributed by atoms with van der Waals surface area (Å²) in [7, 11) is 0. The normalized spacial score (nSPS) is 17.9. The van der Waals surface area contributed by atoms with E-state index in [1.165, 1.54) is 47.4 Å². The van der Waals surface area contributed by atoms with Crippen LogP contribution < -0.4 is 4.90 Å². The molecule has 1 heterocycles. The molecule has 1 unspecified atom stereocenters. The van der Waals surface area contributed by atoms with Gasteiger partial charge in [-0.1, -0.05) is 46.9 Å². The lowest BCUT2D eigenvalue weighted by Gasteiger charge is -2.25. The van der Waals surface area contributed by atoms with Crippen LogP contribution in [0.4, 0.5) is 10.1 Å². The molecule has 1 amide bonds. The van der Waals surface area contributed by atoms with Crippen molar-refractivity contribution in [1.82, 2.24) is 0 Å². The van der Waals surface area contributed by atoms with Crippen molar-refractivity contribution >= 4 is 57.9 Å². The second-order valence-electron chi connectivity index (χ2n) is 6.83. The van der Waals surface area contributed by atoms with E-state index in [4.69, 9.17) is 34.8 Å². The van der Waals surface area contributed by atoms with Crippen LogP contribution in [-0.4, -0.2) is 16.8 Å². The molecule has 31 heavy (non-hydrogen) atoms. The molecule has 4 nitrogen and oxygen atoms in total. The monoisotopic (exact) mass is 475 g/mol. The molecule has 0 bridgehead atoms. The summed E-state index contributed by atoms with van der Waals surface area (Å²) in [6.07, 6.45) is 0. The summed E-state index contributed by atoms with van der Waals surface area (Å²) < 4.78 is 13.5. The molecule has 1 N–H and O–H groups in total. The van der Waals surface area contributed by atoms with Crippen molar-refractivity contribution in [2.75, 3.05) is 4.90 Å². The molecule has 0 radical (unpaired) electrons. The van der Waals surface area contributed by atoms with Crippen molar-refractivity contribution < 1.29 is 19.1 Å². The van der Waals surface area contributed by atoms with E-state index in [0.29, 0.717) is 16.3 Å². The summed E-state index contributed by atoms with van der Waals surface area (Å²) in [5.74, 6) is -2.61. The van der Waals surface area contributed by atoms with E-state index in [0.717, 1.165) is 0 Å². The first kappa shape index (κ1) is 21.4. The van der Waals surface area contributed by atoms with Crippen molar-refractivity contribution in [1.29, 1.82) is 0 Å². The molecule has 1 aliphatic heterocycles. The van der Waals surface area contributed by atoms with E-state index in [2.05, 4.69) is 0 Å². The predicted molar refractivity (Wildman–Crippen MR) is 119 cm³/mol. The summed E-state index contributed by atoms with van der Waals surface area (Å²) in [6.45, 7) is 0. The highest BCUT2D eigenvalue weighted by Crippen LogP contribution is 2.42. The molecule has 3 aromatic carbocycles. The quantitative estimate of drug-likeness (QED) is 0.270. The smallest absolute Gasteiger partial charge is 0.300 e. The number of anilines is 1. The van der Waals surface area contributed by atoms with Gasteiger partial charge in [0.2, 0.25) is 0 Å². The van der Waals surface area contributed by atoms with Crippen LogP contribution in [0.2, 0.25) is 15.1 Å². The molecule has 8 heteroatoms. The van der Waals surface area contributed by atoms with Crippen LogP contribution in [0.25, 0.3) is 5.76 Å². The summed E-state index contributed by atoms with van der Waals surface area (Å²) in [4.78, 5) is 27.2. The average Bonchev–Trinajstić information content (AvgIpc) is 3.01. The lowest BCUT2D eigenvalue weighted by molar-refractivity contribution is -0.132. The number of nitrogens with zero attached hydrogens (tertiary/aromatic N) is 1. The summed E-state index contributed by atoms with van der Waals surface area (Å²) in [5.41, 5.74) is 0.909. The highest BCUT2D eigenvalue weighted by molar-refractivity contribution is 6.52. The van der Waals surface area contributed by atoms with Gasteiger partial charge < -0.3 is 5.11 Å². The van der Waals surface area contributed by atoms with Gasteiger partial charge >= 0.3 is 0 Å². The van der Waals surface area contributed by atoms with Gasteiger partial charge in [0.05, 0.1) is 21.7 Å². The van der Waals surface area contributed by atoms with Gasteiger partial charge in [0.1, 0.15) is 11.6 Å². The van der Waals surface area contributed by atoms with Crippen LogP contribution in [0.3, 0.4) is 0 Å². The Labute approximate surface area is 192 Å². The van der Waals surface area contributed by atoms with Crippen molar-refractivity contribution in [3.63, 3.8) is 0 Å². The van der Waals surface area contributed by atoms with Crippen LogP contribution >= 0.6 is 34.8 Å². The standard InChI is InChI=1S/C23H13Cl3FNO3/c24-14-4-8-16(9-5-14)28-20(12-1-6-15(27)7-2-12)19(22(30)23(28)31)21(29)13-3-10-17(25)18(26)11-13/h1-11,20,29H/b21-19-. The first-order chi connectivity index (χ1) is 14.8. The van der Waals surface area contributed by atoms with Gasteiger partial charge in [-0.25, -0.2) is 4.39 Å². The van der Waals surface area contributed by atoms with E-state index < -0.39 is 29.3 Å². The lowest BCUT2D eigenvalue weighted by Crippen LogP contribution is -2.29. The molecule has 156 valence electrons. The van der Waals surface area contributed by atoms with Gasteiger partial charge in [-0.05, 0) is 60.2 Å². The number of Topliss-reactive ketones (excluding diaryl/α,β-unsaturated/α-hetero) is 1. The molecule has 1 saturated heterocycles. The van der Waals surface area contributed by atoms with E-state index in [1.54, 1.807) is 24.3 Å². The molecule has 0 aromatic heterocycles. The highest BCUT2D eigenvalue weighted by atomic mass is 35.5. The van der Waals surface area contributed by atoms with Gasteiger partial charge in [0.15, 0.2) is 0 Å². The molecule has 1 aliphatic rings. The van der Waals surface area contributed by atoms with E-state index in [9.17, 15) is 19.1 Å². The van der Waals surface area contributed by atoms with Crippen LogP contribution in [0, 0.1) is 5.82 Å².